The van der Waals surface area contributed by atoms with Crippen LogP contribution in [-0.4, -0.2) is 57.4 Å². The van der Waals surface area contributed by atoms with Crippen molar-refractivity contribution in [3.63, 3.8) is 0 Å². The first kappa shape index (κ1) is 21.9. The summed E-state index contributed by atoms with van der Waals surface area (Å²) in [5.74, 6) is 2.45. The van der Waals surface area contributed by atoms with Gasteiger partial charge in [0.25, 0.3) is 0 Å². The number of carbonyl (C=O) groups is 1. The number of nitrogens with one attached hydrogen (secondary N) is 2. The van der Waals surface area contributed by atoms with E-state index in [1.807, 2.05) is 24.3 Å². The van der Waals surface area contributed by atoms with Gasteiger partial charge in [-0.1, -0.05) is 6.07 Å². The Hall–Kier alpha value is -2.93. The van der Waals surface area contributed by atoms with Crippen molar-refractivity contribution in [1.82, 2.24) is 10.2 Å². The van der Waals surface area contributed by atoms with Gasteiger partial charge in [0.05, 0.1) is 20.8 Å². The third-order valence-electron chi connectivity index (χ3n) is 7.77. The van der Waals surface area contributed by atoms with Crippen molar-refractivity contribution >= 4 is 11.7 Å². The topological polar surface area (TPSA) is 72.1 Å². The molecule has 3 atom stereocenters. The van der Waals surface area contributed by atoms with Gasteiger partial charge >= 0.3 is 6.03 Å². The Morgan fingerprint density at radius 3 is 2.79 bits per heavy atom. The zero-order valence-corrected chi connectivity index (χ0v) is 19.6. The van der Waals surface area contributed by atoms with E-state index in [4.69, 9.17) is 14.2 Å². The molecule has 0 bridgehead atoms. The number of hydrogen-bond donors (Lipinski definition) is 2. The van der Waals surface area contributed by atoms with Crippen LogP contribution in [0.1, 0.15) is 36.8 Å². The zero-order valence-electron chi connectivity index (χ0n) is 19.6. The Bertz CT molecular complexity index is 1040. The van der Waals surface area contributed by atoms with Crippen LogP contribution in [0.5, 0.6) is 17.2 Å². The third-order valence-corrected chi connectivity index (χ3v) is 7.77. The third kappa shape index (κ3) is 3.99. The van der Waals surface area contributed by atoms with Crippen molar-refractivity contribution in [2.24, 2.45) is 0 Å². The number of ether oxygens (including phenoxy) is 3. The molecule has 2 aliphatic heterocycles. The van der Waals surface area contributed by atoms with E-state index in [2.05, 4.69) is 34.7 Å². The molecule has 1 aliphatic carbocycles. The van der Waals surface area contributed by atoms with Crippen molar-refractivity contribution < 1.29 is 19.0 Å². The van der Waals surface area contributed by atoms with Crippen LogP contribution in [0, 0.1) is 0 Å². The molecule has 2 fully saturated rings. The summed E-state index contributed by atoms with van der Waals surface area (Å²) in [4.78, 5) is 15.2. The lowest BCUT2D eigenvalue weighted by Crippen LogP contribution is -2.52. The summed E-state index contributed by atoms with van der Waals surface area (Å²) in [5.41, 5.74) is 3.34. The molecule has 3 aliphatic rings. The van der Waals surface area contributed by atoms with Gasteiger partial charge in [-0.25, -0.2) is 4.79 Å². The highest BCUT2D eigenvalue weighted by atomic mass is 16.5. The molecule has 5 rings (SSSR count). The maximum Gasteiger partial charge on any atom is 0.319 e. The predicted molar refractivity (Wildman–Crippen MR) is 128 cm³/mol. The van der Waals surface area contributed by atoms with Gasteiger partial charge in [-0.3, -0.25) is 0 Å². The SMILES string of the molecule is COc1ccc(C23CCC(NC(=O)Nc4ccc5c(c4)CCO5)CC2N(C)CC3)cc1OC. The highest BCUT2D eigenvalue weighted by Gasteiger charge is 2.50. The maximum atomic E-state index is 12.8. The van der Waals surface area contributed by atoms with E-state index in [1.54, 1.807) is 14.2 Å². The predicted octanol–water partition coefficient (Wildman–Crippen LogP) is 3.95. The lowest BCUT2D eigenvalue weighted by molar-refractivity contribution is 0.156. The van der Waals surface area contributed by atoms with Gasteiger partial charge in [-0.05, 0) is 80.7 Å². The molecule has 7 nitrogen and oxygen atoms in total. The minimum atomic E-state index is -0.141. The first-order valence-electron chi connectivity index (χ1n) is 11.8. The first-order valence-corrected chi connectivity index (χ1v) is 11.8. The van der Waals surface area contributed by atoms with Gasteiger partial charge < -0.3 is 29.7 Å². The number of fused-ring (bicyclic) bond motifs is 2. The molecule has 0 aromatic heterocycles. The van der Waals surface area contributed by atoms with Crippen molar-refractivity contribution in [2.45, 2.75) is 49.6 Å². The van der Waals surface area contributed by atoms with E-state index in [-0.39, 0.29) is 17.5 Å². The summed E-state index contributed by atoms with van der Waals surface area (Å²) in [7, 11) is 5.55. The van der Waals surface area contributed by atoms with Gasteiger partial charge in [0.15, 0.2) is 11.5 Å². The van der Waals surface area contributed by atoms with Crippen LogP contribution in [0.3, 0.4) is 0 Å². The number of likely N-dealkylation sites (N-methyl/N-ethyl adjacent to an activating group) is 1. The standard InChI is InChI=1S/C26H33N3O4/c1-29-12-11-26(18-4-6-22(31-2)23(15-18)32-3)10-8-20(16-24(26)29)28-25(30)27-19-5-7-21-17(14-19)9-13-33-21/h4-7,14-15,20,24H,8-13,16H2,1-3H3,(H2,27,28,30). The van der Waals surface area contributed by atoms with Crippen LogP contribution in [-0.2, 0) is 11.8 Å². The summed E-state index contributed by atoms with van der Waals surface area (Å²) >= 11 is 0. The van der Waals surface area contributed by atoms with Crippen LogP contribution in [0.15, 0.2) is 36.4 Å². The van der Waals surface area contributed by atoms with Crippen LogP contribution in [0.25, 0.3) is 0 Å². The zero-order chi connectivity index (χ0) is 23.0. The molecule has 1 saturated heterocycles. The van der Waals surface area contributed by atoms with Crippen LogP contribution in [0.4, 0.5) is 10.5 Å². The molecule has 0 spiro atoms. The molecule has 2 N–H and O–H groups in total. The van der Waals surface area contributed by atoms with E-state index in [0.717, 1.165) is 67.1 Å². The number of urea groups is 1. The second-order valence-electron chi connectivity index (χ2n) is 9.46. The summed E-state index contributed by atoms with van der Waals surface area (Å²) in [6, 6.07) is 12.6. The van der Waals surface area contributed by atoms with E-state index in [1.165, 1.54) is 5.56 Å². The molecule has 1 saturated carbocycles. The summed E-state index contributed by atoms with van der Waals surface area (Å²) in [6.45, 7) is 1.76. The summed E-state index contributed by atoms with van der Waals surface area (Å²) < 4.78 is 16.6. The van der Waals surface area contributed by atoms with E-state index >= 15 is 0 Å². The molecule has 2 heterocycles. The van der Waals surface area contributed by atoms with Gasteiger partial charge in [-0.2, -0.15) is 0 Å². The molecule has 2 aromatic rings. The Kier molecular flexibility index (Phi) is 5.83. The molecule has 176 valence electrons. The smallest absolute Gasteiger partial charge is 0.319 e. The molecule has 3 unspecified atom stereocenters. The van der Waals surface area contributed by atoms with Crippen molar-refractivity contribution in [2.75, 3.05) is 39.7 Å². The number of nitrogens with zero attached hydrogens (tertiary/aromatic N) is 1. The molecule has 2 aromatic carbocycles. The van der Waals surface area contributed by atoms with Crippen LogP contribution >= 0.6 is 0 Å². The number of methoxy groups -OCH3 is 2. The molecule has 0 radical (unpaired) electrons. The fraction of sp³-hybridized carbons (Fsp3) is 0.500. The number of carbonyl (C=O) groups excluding carboxylic acids is 1. The number of benzene rings is 2. The second-order valence-corrected chi connectivity index (χ2v) is 9.46. The van der Waals surface area contributed by atoms with E-state index < -0.39 is 0 Å². The van der Waals surface area contributed by atoms with Gasteiger partial charge in [0, 0.05) is 29.6 Å². The number of hydrogen-bond acceptors (Lipinski definition) is 5. The molecule has 7 heteroatoms. The van der Waals surface area contributed by atoms with Crippen LogP contribution in [0.2, 0.25) is 0 Å². The maximum absolute atomic E-state index is 12.8. The Balaban J connectivity index is 1.28. The van der Waals surface area contributed by atoms with Crippen molar-refractivity contribution in [1.29, 1.82) is 0 Å². The minimum Gasteiger partial charge on any atom is -0.493 e. The molecule has 2 amide bonds. The number of rotatable bonds is 5. The van der Waals surface area contributed by atoms with E-state index in [0.29, 0.717) is 12.6 Å². The van der Waals surface area contributed by atoms with Gasteiger partial charge in [0.1, 0.15) is 5.75 Å². The Morgan fingerprint density at radius 2 is 1.97 bits per heavy atom. The van der Waals surface area contributed by atoms with Crippen LogP contribution < -0.4 is 24.8 Å². The second kappa shape index (κ2) is 8.78. The highest BCUT2D eigenvalue weighted by Crippen LogP contribution is 2.49. The first-order chi connectivity index (χ1) is 16.0. The molecule has 33 heavy (non-hydrogen) atoms. The summed E-state index contributed by atoms with van der Waals surface area (Å²) in [6.07, 6.45) is 4.90. The Labute approximate surface area is 195 Å². The van der Waals surface area contributed by atoms with Gasteiger partial charge in [0.2, 0.25) is 0 Å². The average molecular weight is 452 g/mol. The lowest BCUT2D eigenvalue weighted by Gasteiger charge is -2.45. The fourth-order valence-electron chi connectivity index (χ4n) is 6.01. The average Bonchev–Trinajstić information content (AvgIpc) is 3.43. The molecular formula is C26H33N3O4. The quantitative estimate of drug-likeness (QED) is 0.720. The summed E-state index contributed by atoms with van der Waals surface area (Å²) in [5, 5.41) is 6.23. The number of likely N-dealkylation sites (tertiary alicyclic amines) is 1. The molecular weight excluding hydrogens is 418 g/mol. The Morgan fingerprint density at radius 1 is 1.12 bits per heavy atom. The minimum absolute atomic E-state index is 0.0724. The monoisotopic (exact) mass is 451 g/mol. The number of amides is 2. The highest BCUT2D eigenvalue weighted by molar-refractivity contribution is 5.89. The lowest BCUT2D eigenvalue weighted by atomic mass is 9.65. The largest absolute Gasteiger partial charge is 0.493 e. The normalized spacial score (nSPS) is 26.2. The number of anilines is 1. The van der Waals surface area contributed by atoms with Crippen molar-refractivity contribution in [3.8, 4) is 17.2 Å². The van der Waals surface area contributed by atoms with Crippen molar-refractivity contribution in [3.05, 3.63) is 47.5 Å². The van der Waals surface area contributed by atoms with Gasteiger partial charge in [-0.15, -0.1) is 0 Å². The van der Waals surface area contributed by atoms with E-state index in [9.17, 15) is 4.79 Å². The fourth-order valence-corrected chi connectivity index (χ4v) is 6.01.